The summed E-state index contributed by atoms with van der Waals surface area (Å²) in [7, 11) is 0. The molecule has 1 aliphatic heterocycles. The number of carbonyl (C=O) groups is 1. The van der Waals surface area contributed by atoms with Gasteiger partial charge in [-0.05, 0) is 23.6 Å². The lowest BCUT2D eigenvalue weighted by molar-refractivity contribution is -0.140. The van der Waals surface area contributed by atoms with Gasteiger partial charge in [0.1, 0.15) is 19.3 Å². The van der Waals surface area contributed by atoms with E-state index in [-0.39, 0.29) is 5.92 Å². The lowest BCUT2D eigenvalue weighted by Crippen LogP contribution is -2.40. The van der Waals surface area contributed by atoms with Crippen molar-refractivity contribution in [2.45, 2.75) is 26.4 Å². The average Bonchev–Trinajstić information content (AvgIpc) is 2.38. The maximum absolute atomic E-state index is 11.1. The van der Waals surface area contributed by atoms with E-state index in [1.54, 1.807) is 6.07 Å². The molecule has 0 aromatic heterocycles. The van der Waals surface area contributed by atoms with Crippen LogP contribution in [0.25, 0.3) is 0 Å². The minimum Gasteiger partial charge on any atom is -0.486 e. The van der Waals surface area contributed by atoms with Crippen LogP contribution in [0.3, 0.4) is 0 Å². The average molecular weight is 300 g/mol. The van der Waals surface area contributed by atoms with Crippen LogP contribution in [-0.2, 0) is 11.3 Å². The predicted octanol–water partition coefficient (Wildman–Crippen LogP) is 2.31. The molecule has 20 heavy (non-hydrogen) atoms. The fraction of sp³-hybridized carbons (Fsp3) is 0.500. The molecule has 0 spiro atoms. The van der Waals surface area contributed by atoms with Gasteiger partial charge in [0.05, 0.1) is 5.02 Å². The molecule has 0 fully saturated rings. The van der Waals surface area contributed by atoms with E-state index in [0.29, 0.717) is 36.3 Å². The first kappa shape index (κ1) is 14.9. The molecule has 0 amide bonds. The molecular formula is C14H18ClNO4. The number of ether oxygens (including phenoxy) is 2. The van der Waals surface area contributed by atoms with Gasteiger partial charge in [0.2, 0.25) is 0 Å². The van der Waals surface area contributed by atoms with Gasteiger partial charge in [-0.15, -0.1) is 0 Å². The Labute approximate surface area is 122 Å². The number of hydrogen-bond acceptors (Lipinski definition) is 4. The van der Waals surface area contributed by atoms with Crippen molar-refractivity contribution in [3.63, 3.8) is 0 Å². The van der Waals surface area contributed by atoms with E-state index in [1.807, 2.05) is 19.9 Å². The molecule has 2 N–H and O–H groups in total. The number of halogens is 1. The molecular weight excluding hydrogens is 282 g/mol. The number of rotatable bonds is 5. The summed E-state index contributed by atoms with van der Waals surface area (Å²) < 4.78 is 10.9. The number of carboxylic acids is 1. The highest BCUT2D eigenvalue weighted by atomic mass is 35.5. The van der Waals surface area contributed by atoms with Crippen LogP contribution in [0.1, 0.15) is 19.4 Å². The Balaban J connectivity index is 2.10. The molecule has 1 aromatic rings. The summed E-state index contributed by atoms with van der Waals surface area (Å²) in [5.74, 6) is 0.307. The first-order valence-corrected chi connectivity index (χ1v) is 6.91. The van der Waals surface area contributed by atoms with Crippen molar-refractivity contribution in [3.8, 4) is 11.5 Å². The predicted molar refractivity (Wildman–Crippen MR) is 75.5 cm³/mol. The van der Waals surface area contributed by atoms with Gasteiger partial charge in [-0.2, -0.15) is 0 Å². The van der Waals surface area contributed by atoms with Crippen molar-refractivity contribution in [1.82, 2.24) is 5.32 Å². The van der Waals surface area contributed by atoms with Crippen molar-refractivity contribution in [2.75, 3.05) is 13.2 Å². The summed E-state index contributed by atoms with van der Waals surface area (Å²) in [6, 6.07) is 3.00. The first-order chi connectivity index (χ1) is 9.49. The first-order valence-electron chi connectivity index (χ1n) is 6.53. The number of fused-ring (bicyclic) bond motifs is 1. The highest BCUT2D eigenvalue weighted by molar-refractivity contribution is 6.32. The molecule has 2 rings (SSSR count). The Morgan fingerprint density at radius 1 is 1.40 bits per heavy atom. The van der Waals surface area contributed by atoms with Gasteiger partial charge < -0.3 is 19.9 Å². The SMILES string of the molecule is CC(C)C(NCc1cc(Cl)c2c(c1)OCCO2)C(=O)O. The number of hydrogen-bond donors (Lipinski definition) is 2. The Morgan fingerprint density at radius 2 is 2.10 bits per heavy atom. The molecule has 6 heteroatoms. The van der Waals surface area contributed by atoms with E-state index < -0.39 is 12.0 Å². The molecule has 1 heterocycles. The fourth-order valence-electron chi connectivity index (χ4n) is 2.10. The van der Waals surface area contributed by atoms with Gasteiger partial charge in [-0.25, -0.2) is 0 Å². The summed E-state index contributed by atoms with van der Waals surface area (Å²) >= 11 is 6.14. The van der Waals surface area contributed by atoms with E-state index in [2.05, 4.69) is 5.32 Å². The van der Waals surface area contributed by atoms with Gasteiger partial charge in [-0.3, -0.25) is 4.79 Å². The van der Waals surface area contributed by atoms with E-state index in [1.165, 1.54) is 0 Å². The molecule has 1 aromatic carbocycles. The largest absolute Gasteiger partial charge is 0.486 e. The molecule has 0 radical (unpaired) electrons. The van der Waals surface area contributed by atoms with Crippen LogP contribution in [0.4, 0.5) is 0 Å². The number of nitrogens with one attached hydrogen (secondary N) is 1. The second-order valence-corrected chi connectivity index (χ2v) is 5.45. The molecule has 0 saturated heterocycles. The summed E-state index contributed by atoms with van der Waals surface area (Å²) in [4.78, 5) is 11.1. The van der Waals surface area contributed by atoms with Crippen LogP contribution in [0.2, 0.25) is 5.02 Å². The van der Waals surface area contributed by atoms with Crippen LogP contribution in [-0.4, -0.2) is 30.3 Å². The third-order valence-corrected chi connectivity index (χ3v) is 3.40. The molecule has 0 saturated carbocycles. The monoisotopic (exact) mass is 299 g/mol. The maximum atomic E-state index is 11.1. The summed E-state index contributed by atoms with van der Waals surface area (Å²) in [5, 5.41) is 12.6. The van der Waals surface area contributed by atoms with E-state index in [0.717, 1.165) is 5.56 Å². The molecule has 1 unspecified atom stereocenters. The van der Waals surface area contributed by atoms with Crippen LogP contribution < -0.4 is 14.8 Å². The molecule has 1 atom stereocenters. The molecule has 5 nitrogen and oxygen atoms in total. The summed E-state index contributed by atoms with van der Waals surface area (Å²) in [6.07, 6.45) is 0. The zero-order chi connectivity index (χ0) is 14.7. The quantitative estimate of drug-likeness (QED) is 0.873. The highest BCUT2D eigenvalue weighted by Crippen LogP contribution is 2.38. The lowest BCUT2D eigenvalue weighted by Gasteiger charge is -2.21. The molecule has 0 aliphatic carbocycles. The van der Waals surface area contributed by atoms with Crippen molar-refractivity contribution >= 4 is 17.6 Å². The van der Waals surface area contributed by atoms with Crippen molar-refractivity contribution < 1.29 is 19.4 Å². The summed E-state index contributed by atoms with van der Waals surface area (Å²) in [6.45, 7) is 5.11. The topological polar surface area (TPSA) is 67.8 Å². The van der Waals surface area contributed by atoms with Crippen LogP contribution >= 0.6 is 11.6 Å². The summed E-state index contributed by atoms with van der Waals surface area (Å²) in [5.41, 5.74) is 0.867. The molecule has 0 bridgehead atoms. The van der Waals surface area contributed by atoms with E-state index in [9.17, 15) is 4.79 Å². The molecule has 1 aliphatic rings. The second kappa shape index (κ2) is 6.33. The Morgan fingerprint density at radius 3 is 2.75 bits per heavy atom. The van der Waals surface area contributed by atoms with Gasteiger partial charge in [-0.1, -0.05) is 25.4 Å². The van der Waals surface area contributed by atoms with Crippen LogP contribution in [0.5, 0.6) is 11.5 Å². The van der Waals surface area contributed by atoms with Crippen molar-refractivity contribution in [1.29, 1.82) is 0 Å². The Bertz CT molecular complexity index is 504. The second-order valence-electron chi connectivity index (χ2n) is 5.04. The zero-order valence-electron chi connectivity index (χ0n) is 11.5. The third kappa shape index (κ3) is 3.35. The number of benzene rings is 1. The van der Waals surface area contributed by atoms with Gasteiger partial charge in [0, 0.05) is 6.54 Å². The lowest BCUT2D eigenvalue weighted by atomic mass is 10.0. The van der Waals surface area contributed by atoms with E-state index in [4.69, 9.17) is 26.2 Å². The van der Waals surface area contributed by atoms with E-state index >= 15 is 0 Å². The van der Waals surface area contributed by atoms with Crippen LogP contribution in [0, 0.1) is 5.92 Å². The minimum absolute atomic E-state index is 0.000169. The Kier molecular flexibility index (Phi) is 4.73. The van der Waals surface area contributed by atoms with Crippen molar-refractivity contribution in [3.05, 3.63) is 22.7 Å². The number of carboxylic acid groups (broad SMARTS) is 1. The fourth-order valence-corrected chi connectivity index (χ4v) is 2.39. The molecule has 110 valence electrons. The zero-order valence-corrected chi connectivity index (χ0v) is 12.2. The van der Waals surface area contributed by atoms with Gasteiger partial charge in [0.15, 0.2) is 11.5 Å². The Hall–Kier alpha value is -1.46. The van der Waals surface area contributed by atoms with Crippen molar-refractivity contribution in [2.24, 2.45) is 5.92 Å². The highest BCUT2D eigenvalue weighted by Gasteiger charge is 2.21. The standard InChI is InChI=1S/C14H18ClNO4/c1-8(2)12(14(17)18)16-7-9-5-10(15)13-11(6-9)19-3-4-20-13/h5-6,8,12,16H,3-4,7H2,1-2H3,(H,17,18). The van der Waals surface area contributed by atoms with Gasteiger partial charge in [0.25, 0.3) is 0 Å². The van der Waals surface area contributed by atoms with Crippen LogP contribution in [0.15, 0.2) is 12.1 Å². The normalized spacial score (nSPS) is 15.2. The minimum atomic E-state index is -0.858. The van der Waals surface area contributed by atoms with Gasteiger partial charge >= 0.3 is 5.97 Å². The maximum Gasteiger partial charge on any atom is 0.320 e. The smallest absolute Gasteiger partial charge is 0.320 e. The number of aliphatic carboxylic acids is 1. The third-order valence-electron chi connectivity index (χ3n) is 3.12.